The van der Waals surface area contributed by atoms with Crippen molar-refractivity contribution in [2.45, 2.75) is 42.4 Å². The third-order valence-electron chi connectivity index (χ3n) is 5.05. The lowest BCUT2D eigenvalue weighted by molar-refractivity contribution is -0.0884. The topological polar surface area (TPSA) is 117 Å². The second-order valence-electron chi connectivity index (χ2n) is 7.24. The number of nitrogens with one attached hydrogen (secondary N) is 3. The van der Waals surface area contributed by atoms with Crippen LogP contribution in [0.1, 0.15) is 19.3 Å². The molecule has 1 aliphatic rings. The summed E-state index contributed by atoms with van der Waals surface area (Å²) in [5, 5.41) is 14.8. The van der Waals surface area contributed by atoms with Crippen LogP contribution >= 0.6 is 0 Å². The van der Waals surface area contributed by atoms with Gasteiger partial charge >= 0.3 is 6.03 Å². The third-order valence-corrected chi connectivity index (χ3v) is 6.52. The first-order valence-electron chi connectivity index (χ1n) is 10.0. The molecule has 0 bridgehead atoms. The lowest BCUT2D eigenvalue weighted by Crippen LogP contribution is -2.52. The van der Waals surface area contributed by atoms with Crippen LogP contribution in [0.3, 0.4) is 0 Å². The van der Waals surface area contributed by atoms with Crippen molar-refractivity contribution >= 4 is 21.7 Å². The molecule has 0 radical (unpaired) electrons. The molecule has 10 heteroatoms. The van der Waals surface area contributed by atoms with E-state index in [-0.39, 0.29) is 29.8 Å². The smallest absolute Gasteiger partial charge is 0.319 e. The Bertz CT molecular complexity index is 974. The van der Waals surface area contributed by atoms with E-state index in [4.69, 9.17) is 4.74 Å². The van der Waals surface area contributed by atoms with E-state index in [1.807, 2.05) is 0 Å². The maximum atomic E-state index is 13.7. The molecule has 31 heavy (non-hydrogen) atoms. The monoisotopic (exact) mass is 451 g/mol. The maximum absolute atomic E-state index is 13.7. The first-order valence-corrected chi connectivity index (χ1v) is 11.5. The zero-order chi connectivity index (χ0) is 22.3. The molecular formula is C21H26FN3O5S. The van der Waals surface area contributed by atoms with Gasteiger partial charge in [0.1, 0.15) is 11.9 Å². The molecule has 0 aliphatic carbocycles. The number of benzene rings is 2. The van der Waals surface area contributed by atoms with E-state index in [0.29, 0.717) is 19.3 Å². The quantitative estimate of drug-likeness (QED) is 0.491. The van der Waals surface area contributed by atoms with E-state index in [9.17, 15) is 22.7 Å². The summed E-state index contributed by atoms with van der Waals surface area (Å²) in [5.74, 6) is -0.547. The Morgan fingerprint density at radius 2 is 1.81 bits per heavy atom. The maximum Gasteiger partial charge on any atom is 0.319 e. The highest BCUT2D eigenvalue weighted by Gasteiger charge is 2.32. The minimum absolute atomic E-state index is 0.0563. The number of sulfonamides is 1. The van der Waals surface area contributed by atoms with Gasteiger partial charge in [-0.05, 0) is 43.5 Å². The van der Waals surface area contributed by atoms with Crippen LogP contribution < -0.4 is 15.4 Å². The highest BCUT2D eigenvalue weighted by molar-refractivity contribution is 7.89. The molecule has 0 spiro atoms. The van der Waals surface area contributed by atoms with Crippen LogP contribution in [0.4, 0.5) is 14.9 Å². The molecule has 1 heterocycles. The SMILES string of the molecule is O=C(Nc1ccccc1F)N[C@@H]1CC[C@H](CCNS(=O)(=O)c2ccccc2)O[C@@H]1CO. The number of para-hydroxylation sites is 1. The highest BCUT2D eigenvalue weighted by atomic mass is 32.2. The number of carbonyl (C=O) groups excluding carboxylic acids is 1. The van der Waals surface area contributed by atoms with E-state index in [2.05, 4.69) is 15.4 Å². The number of anilines is 1. The van der Waals surface area contributed by atoms with E-state index < -0.39 is 34.0 Å². The van der Waals surface area contributed by atoms with Crippen molar-refractivity contribution in [2.75, 3.05) is 18.5 Å². The third kappa shape index (κ3) is 6.47. The minimum atomic E-state index is -3.59. The van der Waals surface area contributed by atoms with Gasteiger partial charge in [-0.1, -0.05) is 30.3 Å². The summed E-state index contributed by atoms with van der Waals surface area (Å²) in [6, 6.07) is 12.9. The highest BCUT2D eigenvalue weighted by Crippen LogP contribution is 2.22. The van der Waals surface area contributed by atoms with Crippen molar-refractivity contribution in [3.63, 3.8) is 0 Å². The summed E-state index contributed by atoms with van der Waals surface area (Å²) >= 11 is 0. The number of carbonyl (C=O) groups is 1. The largest absolute Gasteiger partial charge is 0.394 e. The predicted octanol–water partition coefficient (Wildman–Crippen LogP) is 2.22. The number of hydrogen-bond acceptors (Lipinski definition) is 5. The van der Waals surface area contributed by atoms with Crippen molar-refractivity contribution in [3.05, 3.63) is 60.4 Å². The number of aliphatic hydroxyl groups is 1. The number of halogens is 1. The molecule has 3 rings (SSSR count). The Morgan fingerprint density at radius 1 is 1.10 bits per heavy atom. The van der Waals surface area contributed by atoms with Crippen LogP contribution in [0.2, 0.25) is 0 Å². The molecule has 1 fully saturated rings. The van der Waals surface area contributed by atoms with E-state index >= 15 is 0 Å². The lowest BCUT2D eigenvalue weighted by atomic mass is 9.97. The normalized spacial score (nSPS) is 21.4. The second kappa shape index (κ2) is 10.7. The Morgan fingerprint density at radius 3 is 2.52 bits per heavy atom. The molecule has 0 saturated carbocycles. The number of rotatable bonds is 8. The summed E-state index contributed by atoms with van der Waals surface area (Å²) < 4.78 is 46.6. The fourth-order valence-corrected chi connectivity index (χ4v) is 4.50. The van der Waals surface area contributed by atoms with Gasteiger partial charge < -0.3 is 20.5 Å². The van der Waals surface area contributed by atoms with Gasteiger partial charge in [0.05, 0.1) is 29.3 Å². The van der Waals surface area contributed by atoms with Crippen molar-refractivity contribution in [1.82, 2.24) is 10.0 Å². The average Bonchev–Trinajstić information content (AvgIpc) is 2.77. The number of ether oxygens (including phenoxy) is 1. The molecule has 168 valence electrons. The van der Waals surface area contributed by atoms with E-state index in [0.717, 1.165) is 0 Å². The molecule has 2 amide bonds. The molecule has 2 aromatic rings. The summed E-state index contributed by atoms with van der Waals surface area (Å²) in [6.07, 6.45) is 0.635. The second-order valence-corrected chi connectivity index (χ2v) is 9.01. The fourth-order valence-electron chi connectivity index (χ4n) is 3.44. The standard InChI is InChI=1S/C21H26FN3O5S/c22-17-8-4-5-9-18(17)24-21(27)25-19-11-10-15(30-20(19)14-26)12-13-23-31(28,29)16-6-2-1-3-7-16/h1-9,15,19-20,23,26H,10-14H2,(H2,24,25,27)/t15-,19-,20-/m1/s1. The summed E-state index contributed by atoms with van der Waals surface area (Å²) in [5.41, 5.74) is 0.0563. The molecule has 0 aromatic heterocycles. The Balaban J connectivity index is 1.47. The van der Waals surface area contributed by atoms with Gasteiger partial charge in [0.25, 0.3) is 0 Å². The first-order chi connectivity index (χ1) is 14.9. The van der Waals surface area contributed by atoms with Gasteiger partial charge in [0, 0.05) is 6.54 Å². The Hall–Kier alpha value is -2.53. The van der Waals surface area contributed by atoms with Gasteiger partial charge in [0.2, 0.25) is 10.0 Å². The zero-order valence-electron chi connectivity index (χ0n) is 16.8. The molecule has 1 aliphatic heterocycles. The lowest BCUT2D eigenvalue weighted by Gasteiger charge is -2.36. The van der Waals surface area contributed by atoms with Gasteiger partial charge in [-0.3, -0.25) is 0 Å². The van der Waals surface area contributed by atoms with Crippen molar-refractivity contribution in [1.29, 1.82) is 0 Å². The zero-order valence-corrected chi connectivity index (χ0v) is 17.6. The van der Waals surface area contributed by atoms with Gasteiger partial charge in [0.15, 0.2) is 0 Å². The molecular weight excluding hydrogens is 425 g/mol. The number of aliphatic hydroxyl groups excluding tert-OH is 1. The Kier molecular flexibility index (Phi) is 7.97. The van der Waals surface area contributed by atoms with Crippen LogP contribution in [0.25, 0.3) is 0 Å². The average molecular weight is 452 g/mol. The summed E-state index contributed by atoms with van der Waals surface area (Å²) in [4.78, 5) is 12.4. The molecule has 8 nitrogen and oxygen atoms in total. The van der Waals surface area contributed by atoms with Crippen LogP contribution in [-0.4, -0.2) is 51.0 Å². The summed E-state index contributed by atoms with van der Waals surface area (Å²) in [7, 11) is -3.59. The number of amides is 2. The predicted molar refractivity (Wildman–Crippen MR) is 114 cm³/mol. The molecule has 1 saturated heterocycles. The van der Waals surface area contributed by atoms with Gasteiger partial charge in [-0.25, -0.2) is 22.3 Å². The first kappa shape index (κ1) is 23.1. The van der Waals surface area contributed by atoms with Gasteiger partial charge in [-0.15, -0.1) is 0 Å². The minimum Gasteiger partial charge on any atom is -0.394 e. The molecule has 2 aromatic carbocycles. The van der Waals surface area contributed by atoms with Crippen LogP contribution in [0, 0.1) is 5.82 Å². The van der Waals surface area contributed by atoms with Crippen LogP contribution in [-0.2, 0) is 14.8 Å². The van der Waals surface area contributed by atoms with Crippen LogP contribution in [0.5, 0.6) is 0 Å². The van der Waals surface area contributed by atoms with Crippen molar-refractivity contribution < 1.29 is 27.4 Å². The molecule has 3 atom stereocenters. The Labute approximate surface area is 180 Å². The number of hydrogen-bond donors (Lipinski definition) is 4. The molecule has 4 N–H and O–H groups in total. The van der Waals surface area contributed by atoms with E-state index in [1.165, 1.54) is 30.3 Å². The fraction of sp³-hybridized carbons (Fsp3) is 0.381. The van der Waals surface area contributed by atoms with E-state index in [1.54, 1.807) is 24.3 Å². The van der Waals surface area contributed by atoms with Gasteiger partial charge in [-0.2, -0.15) is 0 Å². The number of urea groups is 1. The van der Waals surface area contributed by atoms with Crippen LogP contribution in [0.15, 0.2) is 59.5 Å². The summed E-state index contributed by atoms with van der Waals surface area (Å²) in [6.45, 7) is -0.122. The van der Waals surface area contributed by atoms with Crippen molar-refractivity contribution in [3.8, 4) is 0 Å². The molecule has 0 unspecified atom stereocenters. The van der Waals surface area contributed by atoms with Crippen molar-refractivity contribution in [2.24, 2.45) is 0 Å².